The summed E-state index contributed by atoms with van der Waals surface area (Å²) in [6, 6.07) is 9.71. The van der Waals surface area contributed by atoms with Crippen molar-refractivity contribution in [2.75, 3.05) is 20.3 Å². The number of hydrogen-bond donors (Lipinski definition) is 1. The minimum atomic E-state index is -0.217. The average Bonchev–Trinajstić information content (AvgIpc) is 2.78. The third kappa shape index (κ3) is 3.19. The Morgan fingerprint density at radius 1 is 1.30 bits per heavy atom. The number of nitrogens with zero attached hydrogens (tertiary/aromatic N) is 1. The second kappa shape index (κ2) is 6.86. The summed E-state index contributed by atoms with van der Waals surface area (Å²) < 4.78 is 5.09. The number of ether oxygens (including phenoxy) is 1. The minimum Gasteiger partial charge on any atom is -0.385 e. The van der Waals surface area contributed by atoms with Crippen LogP contribution in [0.5, 0.6) is 0 Å². The molecule has 1 aromatic carbocycles. The Kier molecular flexibility index (Phi) is 5.15. The second-order valence-electron chi connectivity index (χ2n) is 5.58. The normalized spacial score (nSPS) is 22.8. The van der Waals surface area contributed by atoms with Crippen molar-refractivity contribution >= 4 is 5.91 Å². The van der Waals surface area contributed by atoms with Crippen LogP contribution in [0.4, 0.5) is 0 Å². The van der Waals surface area contributed by atoms with Gasteiger partial charge < -0.3 is 9.64 Å². The minimum absolute atomic E-state index is 0.101. The molecule has 0 aliphatic carbocycles. The van der Waals surface area contributed by atoms with E-state index in [1.54, 1.807) is 7.11 Å². The van der Waals surface area contributed by atoms with Crippen molar-refractivity contribution in [1.29, 1.82) is 0 Å². The summed E-state index contributed by atoms with van der Waals surface area (Å²) in [5, 5.41) is 3.47. The fourth-order valence-corrected chi connectivity index (χ4v) is 2.70. The molecule has 0 saturated carbocycles. The lowest BCUT2D eigenvalue weighted by Gasteiger charge is -2.27. The number of benzene rings is 1. The molecule has 1 N–H and O–H groups in total. The average molecular weight is 276 g/mol. The molecule has 0 bridgehead atoms. The van der Waals surface area contributed by atoms with Crippen LogP contribution in [-0.4, -0.2) is 37.2 Å². The zero-order valence-electron chi connectivity index (χ0n) is 12.5. The van der Waals surface area contributed by atoms with Crippen molar-refractivity contribution in [1.82, 2.24) is 10.2 Å². The number of methoxy groups -OCH3 is 1. The third-order valence-corrected chi connectivity index (χ3v) is 3.72. The molecule has 1 fully saturated rings. The lowest BCUT2D eigenvalue weighted by Crippen LogP contribution is -2.42. The predicted molar refractivity (Wildman–Crippen MR) is 79.2 cm³/mol. The van der Waals surface area contributed by atoms with Gasteiger partial charge in [-0.2, -0.15) is 0 Å². The van der Waals surface area contributed by atoms with E-state index in [1.807, 2.05) is 35.2 Å². The van der Waals surface area contributed by atoms with E-state index in [2.05, 4.69) is 19.2 Å². The quantitative estimate of drug-likeness (QED) is 0.810. The molecule has 110 valence electrons. The fourth-order valence-electron chi connectivity index (χ4n) is 2.70. The van der Waals surface area contributed by atoms with Gasteiger partial charge >= 0.3 is 0 Å². The van der Waals surface area contributed by atoms with Gasteiger partial charge in [0.25, 0.3) is 0 Å². The van der Waals surface area contributed by atoms with Crippen LogP contribution in [0.25, 0.3) is 0 Å². The Hall–Kier alpha value is -1.39. The van der Waals surface area contributed by atoms with Crippen molar-refractivity contribution in [2.45, 2.75) is 32.5 Å². The summed E-state index contributed by atoms with van der Waals surface area (Å²) in [5.74, 6) is 0.557. The topological polar surface area (TPSA) is 41.6 Å². The number of carbonyl (C=O) groups is 1. The van der Waals surface area contributed by atoms with Crippen LogP contribution in [0.1, 0.15) is 31.9 Å². The Balaban J connectivity index is 2.12. The smallest absolute Gasteiger partial charge is 0.245 e. The summed E-state index contributed by atoms with van der Waals surface area (Å²) in [4.78, 5) is 14.6. The maximum atomic E-state index is 12.6. The molecule has 1 saturated heterocycles. The van der Waals surface area contributed by atoms with Crippen LogP contribution in [0, 0.1) is 5.92 Å². The number of carbonyl (C=O) groups excluding carboxylic acids is 1. The molecular formula is C16H24N2O2. The van der Waals surface area contributed by atoms with Gasteiger partial charge in [0.1, 0.15) is 6.04 Å². The molecule has 4 nitrogen and oxygen atoms in total. The summed E-state index contributed by atoms with van der Waals surface area (Å²) >= 11 is 0. The molecule has 4 heteroatoms. The number of amides is 1. The van der Waals surface area contributed by atoms with Crippen molar-refractivity contribution in [3.8, 4) is 0 Å². The molecule has 20 heavy (non-hydrogen) atoms. The van der Waals surface area contributed by atoms with Crippen LogP contribution < -0.4 is 5.32 Å². The molecular weight excluding hydrogens is 252 g/mol. The van der Waals surface area contributed by atoms with Gasteiger partial charge in [-0.1, -0.05) is 44.2 Å². The highest BCUT2D eigenvalue weighted by atomic mass is 16.5. The van der Waals surface area contributed by atoms with Gasteiger partial charge in [-0.3, -0.25) is 10.1 Å². The van der Waals surface area contributed by atoms with E-state index in [4.69, 9.17) is 4.74 Å². The lowest BCUT2D eigenvalue weighted by molar-refractivity contribution is -0.130. The van der Waals surface area contributed by atoms with Gasteiger partial charge in [0, 0.05) is 20.3 Å². The van der Waals surface area contributed by atoms with Crippen LogP contribution in [0.3, 0.4) is 0 Å². The Labute approximate surface area is 121 Å². The summed E-state index contributed by atoms with van der Waals surface area (Å²) in [5.41, 5.74) is 1.04. The van der Waals surface area contributed by atoms with Crippen LogP contribution in [-0.2, 0) is 9.53 Å². The fraction of sp³-hybridized carbons (Fsp3) is 0.562. The SMILES string of the molecule is COCCCN1C(=O)C(c2ccccc2)NC1C(C)C. The third-order valence-electron chi connectivity index (χ3n) is 3.72. The molecule has 0 aromatic heterocycles. The zero-order chi connectivity index (χ0) is 14.5. The summed E-state index contributed by atoms with van der Waals surface area (Å²) in [6.07, 6.45) is 0.971. The van der Waals surface area contributed by atoms with Crippen LogP contribution >= 0.6 is 0 Å². The van der Waals surface area contributed by atoms with Crippen molar-refractivity contribution in [3.05, 3.63) is 35.9 Å². The summed E-state index contributed by atoms with van der Waals surface area (Å²) in [7, 11) is 1.69. The highest BCUT2D eigenvalue weighted by molar-refractivity contribution is 5.85. The standard InChI is InChI=1S/C16H24N2O2/c1-12(2)15-17-14(13-8-5-4-6-9-13)16(19)18(15)10-7-11-20-3/h4-6,8-9,12,14-15,17H,7,10-11H2,1-3H3. The van der Waals surface area contributed by atoms with Gasteiger partial charge in [0.2, 0.25) is 5.91 Å². The molecule has 1 aromatic rings. The van der Waals surface area contributed by atoms with E-state index >= 15 is 0 Å². The first-order valence-electron chi connectivity index (χ1n) is 7.25. The zero-order valence-corrected chi connectivity index (χ0v) is 12.5. The largest absolute Gasteiger partial charge is 0.385 e. The molecule has 1 aliphatic heterocycles. The van der Waals surface area contributed by atoms with Gasteiger partial charge in [0.15, 0.2) is 0 Å². The van der Waals surface area contributed by atoms with E-state index in [0.717, 1.165) is 18.5 Å². The molecule has 1 amide bonds. The lowest BCUT2D eigenvalue weighted by atomic mass is 10.1. The van der Waals surface area contributed by atoms with Gasteiger partial charge in [-0.15, -0.1) is 0 Å². The monoisotopic (exact) mass is 276 g/mol. The number of rotatable bonds is 6. The van der Waals surface area contributed by atoms with E-state index in [1.165, 1.54) is 0 Å². The molecule has 1 heterocycles. The molecule has 2 rings (SSSR count). The predicted octanol–water partition coefficient (Wildman–Crippen LogP) is 2.18. The van der Waals surface area contributed by atoms with E-state index in [9.17, 15) is 4.79 Å². The highest BCUT2D eigenvalue weighted by Gasteiger charge is 2.40. The van der Waals surface area contributed by atoms with Gasteiger partial charge in [0.05, 0.1) is 6.17 Å². The van der Waals surface area contributed by atoms with Gasteiger partial charge in [-0.05, 0) is 17.9 Å². The van der Waals surface area contributed by atoms with E-state index in [0.29, 0.717) is 12.5 Å². The Morgan fingerprint density at radius 3 is 2.60 bits per heavy atom. The maximum Gasteiger partial charge on any atom is 0.245 e. The van der Waals surface area contributed by atoms with Crippen LogP contribution in [0.2, 0.25) is 0 Å². The molecule has 0 radical (unpaired) electrons. The number of nitrogens with one attached hydrogen (secondary N) is 1. The summed E-state index contributed by atoms with van der Waals surface area (Å²) in [6.45, 7) is 5.71. The Morgan fingerprint density at radius 2 is 2.00 bits per heavy atom. The van der Waals surface area contributed by atoms with Crippen molar-refractivity contribution < 1.29 is 9.53 Å². The van der Waals surface area contributed by atoms with E-state index in [-0.39, 0.29) is 18.1 Å². The first kappa shape index (κ1) is 15.0. The first-order chi connectivity index (χ1) is 9.65. The highest BCUT2D eigenvalue weighted by Crippen LogP contribution is 2.27. The van der Waals surface area contributed by atoms with Gasteiger partial charge in [-0.25, -0.2) is 0 Å². The van der Waals surface area contributed by atoms with E-state index < -0.39 is 0 Å². The first-order valence-corrected chi connectivity index (χ1v) is 7.25. The molecule has 0 spiro atoms. The number of hydrogen-bond acceptors (Lipinski definition) is 3. The van der Waals surface area contributed by atoms with Crippen molar-refractivity contribution in [3.63, 3.8) is 0 Å². The van der Waals surface area contributed by atoms with Crippen molar-refractivity contribution in [2.24, 2.45) is 5.92 Å². The molecule has 1 aliphatic rings. The Bertz CT molecular complexity index is 433. The second-order valence-corrected chi connectivity index (χ2v) is 5.58. The van der Waals surface area contributed by atoms with Crippen LogP contribution in [0.15, 0.2) is 30.3 Å². The molecule has 2 unspecified atom stereocenters. The molecule has 2 atom stereocenters. The maximum absolute atomic E-state index is 12.6.